The number of urea groups is 1. The molecule has 1 saturated heterocycles. The highest BCUT2D eigenvalue weighted by molar-refractivity contribution is 5.93. The number of carbonyl (C=O) groups excluding carboxylic acids is 2. The summed E-state index contributed by atoms with van der Waals surface area (Å²) in [6.45, 7) is 1.78. The van der Waals surface area contributed by atoms with Crippen molar-refractivity contribution >= 4 is 35.7 Å². The van der Waals surface area contributed by atoms with Crippen molar-refractivity contribution in [2.24, 2.45) is 11.7 Å². The summed E-state index contributed by atoms with van der Waals surface area (Å²) in [5, 5.41) is 8.58. The molecule has 0 spiro atoms. The number of hydrogen-bond acceptors (Lipinski definition) is 3. The van der Waals surface area contributed by atoms with Gasteiger partial charge in [0, 0.05) is 17.3 Å². The third-order valence-corrected chi connectivity index (χ3v) is 3.13. The first kappa shape index (κ1) is 16.3. The SMILES string of the molecule is Cl.NC(=O)Nc1ccc(NC(=O)C2CCNCC2)cc1. The van der Waals surface area contributed by atoms with Crippen LogP contribution in [0.3, 0.4) is 0 Å². The first-order valence-corrected chi connectivity index (χ1v) is 6.33. The van der Waals surface area contributed by atoms with Gasteiger partial charge in [-0.05, 0) is 50.2 Å². The number of hydrogen-bond donors (Lipinski definition) is 4. The molecular weight excluding hydrogens is 280 g/mol. The van der Waals surface area contributed by atoms with Gasteiger partial charge >= 0.3 is 6.03 Å². The number of nitrogens with two attached hydrogens (primary N) is 1. The van der Waals surface area contributed by atoms with Crippen LogP contribution in [0.25, 0.3) is 0 Å². The maximum atomic E-state index is 12.0. The second-order valence-electron chi connectivity index (χ2n) is 4.58. The summed E-state index contributed by atoms with van der Waals surface area (Å²) in [5.74, 6) is 0.127. The monoisotopic (exact) mass is 298 g/mol. The van der Waals surface area contributed by atoms with Gasteiger partial charge < -0.3 is 21.7 Å². The molecule has 1 fully saturated rings. The van der Waals surface area contributed by atoms with Crippen LogP contribution in [-0.4, -0.2) is 25.0 Å². The molecule has 7 heteroatoms. The third-order valence-electron chi connectivity index (χ3n) is 3.13. The fourth-order valence-electron chi connectivity index (χ4n) is 2.11. The summed E-state index contributed by atoms with van der Waals surface area (Å²) in [4.78, 5) is 22.7. The van der Waals surface area contributed by atoms with Crippen molar-refractivity contribution in [3.63, 3.8) is 0 Å². The summed E-state index contributed by atoms with van der Waals surface area (Å²) in [6, 6.07) is 6.27. The zero-order valence-corrected chi connectivity index (χ0v) is 11.8. The lowest BCUT2D eigenvalue weighted by Crippen LogP contribution is -2.34. The van der Waals surface area contributed by atoms with Gasteiger partial charge in [-0.3, -0.25) is 4.79 Å². The molecule has 110 valence electrons. The van der Waals surface area contributed by atoms with Crippen molar-refractivity contribution in [2.45, 2.75) is 12.8 Å². The average molecular weight is 299 g/mol. The van der Waals surface area contributed by atoms with E-state index in [1.54, 1.807) is 24.3 Å². The van der Waals surface area contributed by atoms with Gasteiger partial charge in [-0.2, -0.15) is 0 Å². The molecule has 1 aliphatic rings. The number of halogens is 1. The van der Waals surface area contributed by atoms with Crippen LogP contribution in [0.5, 0.6) is 0 Å². The van der Waals surface area contributed by atoms with Crippen molar-refractivity contribution in [1.82, 2.24) is 5.32 Å². The topological polar surface area (TPSA) is 96.2 Å². The van der Waals surface area contributed by atoms with E-state index in [4.69, 9.17) is 5.73 Å². The smallest absolute Gasteiger partial charge is 0.316 e. The molecule has 1 aromatic carbocycles. The number of rotatable bonds is 3. The van der Waals surface area contributed by atoms with Gasteiger partial charge in [0.25, 0.3) is 0 Å². The second-order valence-corrected chi connectivity index (χ2v) is 4.58. The van der Waals surface area contributed by atoms with Crippen LogP contribution < -0.4 is 21.7 Å². The minimum Gasteiger partial charge on any atom is -0.351 e. The van der Waals surface area contributed by atoms with E-state index in [-0.39, 0.29) is 24.2 Å². The molecule has 0 radical (unpaired) electrons. The molecule has 0 bridgehead atoms. The Kier molecular flexibility index (Phi) is 6.27. The largest absolute Gasteiger partial charge is 0.351 e. The highest BCUT2D eigenvalue weighted by Crippen LogP contribution is 2.17. The fourth-order valence-corrected chi connectivity index (χ4v) is 2.11. The summed E-state index contributed by atoms with van der Waals surface area (Å²) in [5.41, 5.74) is 6.34. The van der Waals surface area contributed by atoms with Gasteiger partial charge in [-0.1, -0.05) is 0 Å². The molecule has 3 amide bonds. The number of benzene rings is 1. The molecule has 2 rings (SSSR count). The Morgan fingerprint density at radius 1 is 1.05 bits per heavy atom. The van der Waals surface area contributed by atoms with Crippen LogP contribution in [0.4, 0.5) is 16.2 Å². The average Bonchev–Trinajstić information content (AvgIpc) is 2.41. The van der Waals surface area contributed by atoms with E-state index in [0.29, 0.717) is 5.69 Å². The number of anilines is 2. The van der Waals surface area contributed by atoms with Crippen LogP contribution in [0.15, 0.2) is 24.3 Å². The van der Waals surface area contributed by atoms with Crippen LogP contribution in [0.2, 0.25) is 0 Å². The van der Waals surface area contributed by atoms with Crippen molar-refractivity contribution in [1.29, 1.82) is 0 Å². The molecule has 6 nitrogen and oxygen atoms in total. The Morgan fingerprint density at radius 2 is 1.55 bits per heavy atom. The van der Waals surface area contributed by atoms with Gasteiger partial charge in [0.2, 0.25) is 5.91 Å². The molecular formula is C13H19ClN4O2. The van der Waals surface area contributed by atoms with Gasteiger partial charge in [0.1, 0.15) is 0 Å². The minimum absolute atomic E-state index is 0. The molecule has 0 saturated carbocycles. The lowest BCUT2D eigenvalue weighted by Gasteiger charge is -2.21. The van der Waals surface area contributed by atoms with E-state index < -0.39 is 6.03 Å². The normalized spacial score (nSPS) is 15.0. The molecule has 0 aliphatic carbocycles. The van der Waals surface area contributed by atoms with Gasteiger partial charge in [-0.25, -0.2) is 4.79 Å². The van der Waals surface area contributed by atoms with Crippen molar-refractivity contribution < 1.29 is 9.59 Å². The van der Waals surface area contributed by atoms with E-state index >= 15 is 0 Å². The zero-order valence-electron chi connectivity index (χ0n) is 11.0. The van der Waals surface area contributed by atoms with E-state index in [2.05, 4.69) is 16.0 Å². The maximum Gasteiger partial charge on any atom is 0.316 e. The van der Waals surface area contributed by atoms with Crippen LogP contribution in [-0.2, 0) is 4.79 Å². The number of nitrogens with one attached hydrogen (secondary N) is 3. The number of amides is 3. The Balaban J connectivity index is 0.00000200. The van der Waals surface area contributed by atoms with Crippen LogP contribution >= 0.6 is 12.4 Å². The minimum atomic E-state index is -0.605. The van der Waals surface area contributed by atoms with Gasteiger partial charge in [0.05, 0.1) is 0 Å². The number of carbonyl (C=O) groups is 2. The predicted molar refractivity (Wildman–Crippen MR) is 81.1 cm³/mol. The highest BCUT2D eigenvalue weighted by atomic mass is 35.5. The molecule has 1 aliphatic heterocycles. The third kappa shape index (κ3) is 4.71. The summed E-state index contributed by atoms with van der Waals surface area (Å²) >= 11 is 0. The second kappa shape index (κ2) is 7.72. The summed E-state index contributed by atoms with van der Waals surface area (Å²) in [6.07, 6.45) is 1.74. The Morgan fingerprint density at radius 3 is 2.05 bits per heavy atom. The molecule has 1 aromatic rings. The predicted octanol–water partition coefficient (Wildman–Crippen LogP) is 1.54. The Bertz CT molecular complexity index is 458. The maximum absolute atomic E-state index is 12.0. The Hall–Kier alpha value is -1.79. The van der Waals surface area contributed by atoms with Crippen molar-refractivity contribution in [3.8, 4) is 0 Å². The first-order chi connectivity index (χ1) is 9.15. The van der Waals surface area contributed by atoms with Crippen molar-refractivity contribution in [3.05, 3.63) is 24.3 Å². The zero-order chi connectivity index (χ0) is 13.7. The van der Waals surface area contributed by atoms with E-state index in [0.717, 1.165) is 31.6 Å². The quantitative estimate of drug-likeness (QED) is 0.681. The van der Waals surface area contributed by atoms with Crippen LogP contribution in [0, 0.1) is 5.92 Å². The summed E-state index contributed by atoms with van der Waals surface area (Å²) < 4.78 is 0. The molecule has 5 N–H and O–H groups in total. The van der Waals surface area contributed by atoms with E-state index in [9.17, 15) is 9.59 Å². The first-order valence-electron chi connectivity index (χ1n) is 6.33. The highest BCUT2D eigenvalue weighted by Gasteiger charge is 2.20. The Labute approximate surface area is 123 Å². The number of piperidine rings is 1. The van der Waals surface area contributed by atoms with Gasteiger partial charge in [-0.15, -0.1) is 12.4 Å². The summed E-state index contributed by atoms with van der Waals surface area (Å²) in [7, 11) is 0. The van der Waals surface area contributed by atoms with Gasteiger partial charge in [0.15, 0.2) is 0 Å². The fraction of sp³-hybridized carbons (Fsp3) is 0.385. The van der Waals surface area contributed by atoms with Crippen molar-refractivity contribution in [2.75, 3.05) is 23.7 Å². The van der Waals surface area contributed by atoms with E-state index in [1.807, 2.05) is 0 Å². The lowest BCUT2D eigenvalue weighted by atomic mass is 9.97. The lowest BCUT2D eigenvalue weighted by molar-refractivity contribution is -0.120. The number of primary amides is 1. The molecule has 0 atom stereocenters. The molecule has 0 unspecified atom stereocenters. The molecule has 20 heavy (non-hydrogen) atoms. The molecule has 1 heterocycles. The molecule has 0 aromatic heterocycles. The standard InChI is InChI=1S/C13H18N4O2.ClH/c14-13(19)17-11-3-1-10(2-4-11)16-12(18)9-5-7-15-8-6-9;/h1-4,9,15H,5-8H2,(H,16,18)(H3,14,17,19);1H. The van der Waals surface area contributed by atoms with Crippen LogP contribution in [0.1, 0.15) is 12.8 Å². The van der Waals surface area contributed by atoms with E-state index in [1.165, 1.54) is 0 Å².